The number of carbonyl (C=O) groups is 2. The van der Waals surface area contributed by atoms with Gasteiger partial charge < -0.3 is 15.0 Å². The van der Waals surface area contributed by atoms with Crippen molar-refractivity contribution in [1.29, 1.82) is 0 Å². The Hall–Kier alpha value is -2.43. The first-order valence-corrected chi connectivity index (χ1v) is 12.9. The summed E-state index contributed by atoms with van der Waals surface area (Å²) in [6, 6.07) is 11.4. The summed E-state index contributed by atoms with van der Waals surface area (Å²) in [5, 5.41) is 4.51. The van der Waals surface area contributed by atoms with Crippen molar-refractivity contribution >= 4 is 33.2 Å². The normalized spacial score (nSPS) is 16.0. The van der Waals surface area contributed by atoms with E-state index in [9.17, 15) is 18.0 Å². The van der Waals surface area contributed by atoms with Crippen LogP contribution in [0.3, 0.4) is 0 Å². The van der Waals surface area contributed by atoms with E-state index in [-0.39, 0.29) is 34.6 Å². The quantitative estimate of drug-likeness (QED) is 0.574. The maximum Gasteiger partial charge on any atom is 0.258 e. The van der Waals surface area contributed by atoms with Crippen molar-refractivity contribution in [2.45, 2.75) is 43.0 Å². The summed E-state index contributed by atoms with van der Waals surface area (Å²) in [7, 11) is -3.54. The van der Waals surface area contributed by atoms with Crippen LogP contribution in [0.25, 0.3) is 0 Å². The molecule has 2 N–H and O–H groups in total. The van der Waals surface area contributed by atoms with Gasteiger partial charge in [-0.25, -0.2) is 13.1 Å². The third-order valence-electron chi connectivity index (χ3n) is 5.25. The van der Waals surface area contributed by atoms with E-state index in [0.29, 0.717) is 31.7 Å². The van der Waals surface area contributed by atoms with Crippen LogP contribution < -0.4 is 14.8 Å². The molecule has 0 spiro atoms. The van der Waals surface area contributed by atoms with Crippen LogP contribution in [0.15, 0.2) is 52.1 Å². The van der Waals surface area contributed by atoms with Gasteiger partial charge in [0, 0.05) is 19.1 Å². The second-order valence-electron chi connectivity index (χ2n) is 8.04. The first-order chi connectivity index (χ1) is 15.3. The summed E-state index contributed by atoms with van der Waals surface area (Å²) in [4.78, 5) is 27.1. The van der Waals surface area contributed by atoms with Gasteiger partial charge in [0.25, 0.3) is 5.91 Å². The summed E-state index contributed by atoms with van der Waals surface area (Å²) in [5.41, 5.74) is 0. The summed E-state index contributed by atoms with van der Waals surface area (Å²) in [5.74, 6) is -0.0347. The van der Waals surface area contributed by atoms with E-state index in [1.54, 1.807) is 34.5 Å². The Morgan fingerprint density at radius 3 is 2.41 bits per heavy atom. The third-order valence-corrected chi connectivity index (χ3v) is 8.17. The predicted octanol–water partition coefficient (Wildman–Crippen LogP) is 2.24. The number of para-hydroxylation sites is 1. The fourth-order valence-corrected chi connectivity index (χ4v) is 5.82. The van der Waals surface area contributed by atoms with Crippen molar-refractivity contribution < 1.29 is 22.7 Å². The Labute approximate surface area is 193 Å². The first kappa shape index (κ1) is 24.2. The number of likely N-dealkylation sites (tertiary alicyclic amines) is 1. The van der Waals surface area contributed by atoms with Crippen molar-refractivity contribution in [2.24, 2.45) is 5.92 Å². The Bertz CT molecular complexity index is 986. The molecule has 1 aliphatic rings. The van der Waals surface area contributed by atoms with Crippen LogP contribution in [0.4, 0.5) is 0 Å². The van der Waals surface area contributed by atoms with E-state index < -0.39 is 16.1 Å². The van der Waals surface area contributed by atoms with Gasteiger partial charge in [-0.15, -0.1) is 11.3 Å². The van der Waals surface area contributed by atoms with Crippen LogP contribution in [-0.2, 0) is 19.6 Å². The van der Waals surface area contributed by atoms with Gasteiger partial charge in [0.1, 0.15) is 16.0 Å². The van der Waals surface area contributed by atoms with Crippen LogP contribution >= 0.6 is 11.3 Å². The minimum Gasteiger partial charge on any atom is -0.484 e. The Balaban J connectivity index is 1.50. The van der Waals surface area contributed by atoms with Crippen molar-refractivity contribution in [3.05, 3.63) is 47.8 Å². The maximum absolute atomic E-state index is 13.1. The topological polar surface area (TPSA) is 105 Å². The number of nitrogens with one attached hydrogen (secondary N) is 2. The van der Waals surface area contributed by atoms with E-state index in [1.807, 2.05) is 32.0 Å². The molecule has 0 unspecified atom stereocenters. The molecule has 2 amide bonds. The average Bonchev–Trinajstić information content (AvgIpc) is 3.32. The number of thiophene rings is 1. The predicted molar refractivity (Wildman–Crippen MR) is 123 cm³/mol. The largest absolute Gasteiger partial charge is 0.484 e. The molecule has 32 heavy (non-hydrogen) atoms. The molecule has 0 radical (unpaired) electrons. The molecule has 174 valence electrons. The van der Waals surface area contributed by atoms with Gasteiger partial charge in [0.15, 0.2) is 6.61 Å². The number of hydrogen-bond acceptors (Lipinski definition) is 6. The first-order valence-electron chi connectivity index (χ1n) is 10.6. The number of nitrogens with zero attached hydrogens (tertiary/aromatic N) is 1. The zero-order valence-electron chi connectivity index (χ0n) is 18.2. The summed E-state index contributed by atoms with van der Waals surface area (Å²) in [6.45, 7) is 4.44. The second-order valence-corrected chi connectivity index (χ2v) is 10.9. The van der Waals surface area contributed by atoms with E-state index >= 15 is 0 Å². The van der Waals surface area contributed by atoms with Gasteiger partial charge in [0.05, 0.1) is 0 Å². The lowest BCUT2D eigenvalue weighted by Crippen LogP contribution is -2.55. The molecule has 1 saturated heterocycles. The maximum atomic E-state index is 13.1. The molecule has 3 rings (SSSR count). The van der Waals surface area contributed by atoms with Crippen molar-refractivity contribution in [3.8, 4) is 5.75 Å². The number of piperidine rings is 1. The number of carbonyl (C=O) groups excluding carboxylic acids is 2. The van der Waals surface area contributed by atoms with E-state index in [1.165, 1.54) is 11.3 Å². The fourth-order valence-electron chi connectivity index (χ4n) is 3.50. The molecule has 1 aromatic carbocycles. The number of hydrogen-bond donors (Lipinski definition) is 2. The van der Waals surface area contributed by atoms with Gasteiger partial charge in [-0.05, 0) is 42.3 Å². The minimum absolute atomic E-state index is 0.0989. The van der Waals surface area contributed by atoms with E-state index in [0.717, 1.165) is 0 Å². The van der Waals surface area contributed by atoms with Crippen molar-refractivity contribution in [3.63, 3.8) is 0 Å². The molecule has 0 saturated carbocycles. The van der Waals surface area contributed by atoms with Gasteiger partial charge in [-0.2, -0.15) is 0 Å². The molecule has 1 fully saturated rings. The zero-order chi connectivity index (χ0) is 23.1. The van der Waals surface area contributed by atoms with E-state index in [2.05, 4.69) is 10.0 Å². The third kappa shape index (κ3) is 6.54. The standard InChI is InChI=1S/C22H29N3O5S2/c1-16(2)21(23-19(26)15-30-18-7-4-3-5-8-18)22(27)25-12-10-17(11-13-25)24-32(28,29)20-9-6-14-31-20/h3-9,14,16-17,21,24H,10-13,15H2,1-2H3,(H,23,26)/t21-/m0/s1. The molecule has 2 heterocycles. The zero-order valence-corrected chi connectivity index (χ0v) is 19.8. The lowest BCUT2D eigenvalue weighted by atomic mass is 10.00. The molecule has 0 bridgehead atoms. The average molecular weight is 480 g/mol. The summed E-state index contributed by atoms with van der Waals surface area (Å²) >= 11 is 1.17. The van der Waals surface area contributed by atoms with Crippen LogP contribution in [0.5, 0.6) is 5.75 Å². The van der Waals surface area contributed by atoms with Crippen LogP contribution in [-0.4, -0.2) is 56.9 Å². The number of sulfonamides is 1. The molecule has 1 aromatic heterocycles. The molecule has 0 aliphatic carbocycles. The molecular weight excluding hydrogens is 450 g/mol. The Morgan fingerprint density at radius 2 is 1.81 bits per heavy atom. The Morgan fingerprint density at radius 1 is 1.12 bits per heavy atom. The summed E-state index contributed by atoms with van der Waals surface area (Å²) < 4.78 is 33.3. The van der Waals surface area contributed by atoms with Crippen LogP contribution in [0, 0.1) is 5.92 Å². The van der Waals surface area contributed by atoms with E-state index in [4.69, 9.17) is 4.74 Å². The SMILES string of the molecule is CC(C)[C@H](NC(=O)COc1ccccc1)C(=O)N1CCC(NS(=O)(=O)c2cccs2)CC1. The van der Waals surface area contributed by atoms with Gasteiger partial charge >= 0.3 is 0 Å². The lowest BCUT2D eigenvalue weighted by molar-refractivity contribution is -0.139. The van der Waals surface area contributed by atoms with Gasteiger partial charge in [0.2, 0.25) is 15.9 Å². The molecule has 10 heteroatoms. The van der Waals surface area contributed by atoms with Gasteiger partial charge in [-0.3, -0.25) is 9.59 Å². The van der Waals surface area contributed by atoms with Gasteiger partial charge in [-0.1, -0.05) is 38.1 Å². The summed E-state index contributed by atoms with van der Waals surface area (Å²) in [6.07, 6.45) is 1.04. The molecule has 1 atom stereocenters. The number of ether oxygens (including phenoxy) is 1. The number of benzene rings is 1. The number of amides is 2. The fraction of sp³-hybridized carbons (Fsp3) is 0.455. The highest BCUT2D eigenvalue weighted by Crippen LogP contribution is 2.20. The highest BCUT2D eigenvalue weighted by molar-refractivity contribution is 7.91. The minimum atomic E-state index is -3.54. The monoisotopic (exact) mass is 479 g/mol. The van der Waals surface area contributed by atoms with Crippen molar-refractivity contribution in [2.75, 3.05) is 19.7 Å². The van der Waals surface area contributed by atoms with Crippen molar-refractivity contribution in [1.82, 2.24) is 14.9 Å². The molecule has 8 nitrogen and oxygen atoms in total. The number of rotatable bonds is 9. The lowest BCUT2D eigenvalue weighted by Gasteiger charge is -2.35. The Kier molecular flexibility index (Phi) is 8.27. The molecule has 1 aliphatic heterocycles. The smallest absolute Gasteiger partial charge is 0.258 e. The highest BCUT2D eigenvalue weighted by atomic mass is 32.2. The molecule has 2 aromatic rings. The highest BCUT2D eigenvalue weighted by Gasteiger charge is 2.32. The molecular formula is C22H29N3O5S2. The van der Waals surface area contributed by atoms with Crippen LogP contribution in [0.2, 0.25) is 0 Å². The van der Waals surface area contributed by atoms with Crippen LogP contribution in [0.1, 0.15) is 26.7 Å². The second kappa shape index (κ2) is 10.9.